The Labute approximate surface area is 197 Å². The molecule has 0 radical (unpaired) electrons. The lowest BCUT2D eigenvalue weighted by Crippen LogP contribution is -2.42. The molecular formula is C23H23F6N5O. The Kier molecular flexibility index (Phi) is 7.13. The van der Waals surface area contributed by atoms with Gasteiger partial charge in [-0.05, 0) is 53.9 Å². The van der Waals surface area contributed by atoms with E-state index in [1.54, 1.807) is 7.05 Å². The summed E-state index contributed by atoms with van der Waals surface area (Å²) in [6, 6.07) is 10.6. The molecule has 1 aliphatic heterocycles. The number of benzene rings is 2. The highest BCUT2D eigenvalue weighted by molar-refractivity contribution is 5.33. The maximum Gasteiger partial charge on any atom is 0.416 e. The summed E-state index contributed by atoms with van der Waals surface area (Å²) >= 11 is 0. The van der Waals surface area contributed by atoms with Crippen molar-refractivity contribution < 1.29 is 31.1 Å². The first-order valence-corrected chi connectivity index (χ1v) is 10.9. The van der Waals surface area contributed by atoms with Gasteiger partial charge < -0.3 is 4.74 Å². The zero-order valence-corrected chi connectivity index (χ0v) is 18.7. The number of halogens is 6. The molecule has 1 saturated heterocycles. The molecule has 2 atom stereocenters. The molecule has 0 bridgehead atoms. The summed E-state index contributed by atoms with van der Waals surface area (Å²) in [5.41, 5.74) is -1.98. The summed E-state index contributed by atoms with van der Waals surface area (Å²) in [7, 11) is 1.65. The minimum absolute atomic E-state index is 0.118. The second-order valence-corrected chi connectivity index (χ2v) is 8.43. The van der Waals surface area contributed by atoms with Crippen molar-refractivity contribution in [2.75, 3.05) is 6.54 Å². The van der Waals surface area contributed by atoms with Gasteiger partial charge in [-0.3, -0.25) is 4.90 Å². The molecule has 2 aromatic carbocycles. The molecule has 1 fully saturated rings. The third-order valence-corrected chi connectivity index (χ3v) is 5.83. The predicted octanol–water partition coefficient (Wildman–Crippen LogP) is 5.17. The molecule has 2 heterocycles. The average molecular weight is 499 g/mol. The van der Waals surface area contributed by atoms with Gasteiger partial charge in [0.2, 0.25) is 0 Å². The summed E-state index contributed by atoms with van der Waals surface area (Å²) < 4.78 is 85.5. The molecule has 0 unspecified atom stereocenters. The highest BCUT2D eigenvalue weighted by atomic mass is 19.4. The molecule has 0 N–H and O–H groups in total. The van der Waals surface area contributed by atoms with Gasteiger partial charge in [0.15, 0.2) is 5.82 Å². The quantitative estimate of drug-likeness (QED) is 0.438. The fourth-order valence-electron chi connectivity index (χ4n) is 4.33. The van der Waals surface area contributed by atoms with E-state index in [1.165, 1.54) is 4.80 Å². The topological polar surface area (TPSA) is 56.1 Å². The van der Waals surface area contributed by atoms with Crippen molar-refractivity contribution in [1.29, 1.82) is 0 Å². The number of nitrogens with zero attached hydrogens (tertiary/aromatic N) is 5. The number of alkyl halides is 6. The number of ether oxygens (including phenoxy) is 1. The summed E-state index contributed by atoms with van der Waals surface area (Å²) in [4.78, 5) is 3.43. The van der Waals surface area contributed by atoms with Gasteiger partial charge >= 0.3 is 12.4 Å². The number of rotatable bonds is 6. The fraction of sp³-hybridized carbons (Fsp3) is 0.435. The van der Waals surface area contributed by atoms with E-state index >= 15 is 0 Å². The Morgan fingerprint density at radius 2 is 1.63 bits per heavy atom. The van der Waals surface area contributed by atoms with Crippen molar-refractivity contribution in [3.63, 3.8) is 0 Å². The van der Waals surface area contributed by atoms with Crippen LogP contribution in [0.3, 0.4) is 0 Å². The Morgan fingerprint density at radius 3 is 2.20 bits per heavy atom. The standard InChI is InChI=1S/C23H23F6N5O/c1-33-31-20(30-32-33)13-34-9-5-8-19(21(34)16-6-3-2-4-7-16)35-14-15-10-17(22(24,25)26)12-18(11-15)23(27,28)29/h2-4,6-7,10-12,19,21H,5,8-9,13-14H2,1H3/t19-,21-/m1/s1. The van der Waals surface area contributed by atoms with Crippen molar-refractivity contribution in [1.82, 2.24) is 25.1 Å². The molecule has 0 amide bonds. The van der Waals surface area contributed by atoms with Crippen LogP contribution in [-0.4, -0.2) is 37.8 Å². The zero-order chi connectivity index (χ0) is 25.2. The summed E-state index contributed by atoms with van der Waals surface area (Å²) in [6.45, 7) is 0.673. The highest BCUT2D eigenvalue weighted by Crippen LogP contribution is 2.38. The number of tetrazole rings is 1. The maximum absolute atomic E-state index is 13.2. The van der Waals surface area contributed by atoms with Crippen LogP contribution in [0.1, 0.15) is 47.0 Å². The van der Waals surface area contributed by atoms with Crippen LogP contribution in [0.2, 0.25) is 0 Å². The van der Waals surface area contributed by atoms with Crippen LogP contribution in [-0.2, 0) is 37.3 Å². The number of hydrogen-bond donors (Lipinski definition) is 0. The van der Waals surface area contributed by atoms with Crippen LogP contribution in [0.15, 0.2) is 48.5 Å². The van der Waals surface area contributed by atoms with Crippen LogP contribution < -0.4 is 0 Å². The lowest BCUT2D eigenvalue weighted by atomic mass is 9.92. The zero-order valence-electron chi connectivity index (χ0n) is 18.7. The van der Waals surface area contributed by atoms with Gasteiger partial charge in [-0.2, -0.15) is 31.1 Å². The summed E-state index contributed by atoms with van der Waals surface area (Å²) in [5, 5.41) is 12.1. The van der Waals surface area contributed by atoms with Crippen molar-refractivity contribution in [2.45, 2.75) is 50.5 Å². The van der Waals surface area contributed by atoms with E-state index in [4.69, 9.17) is 4.74 Å². The average Bonchev–Trinajstić information content (AvgIpc) is 3.21. The largest absolute Gasteiger partial charge is 0.416 e. The van der Waals surface area contributed by atoms with Crippen molar-refractivity contribution in [2.24, 2.45) is 7.05 Å². The Morgan fingerprint density at radius 1 is 0.971 bits per heavy atom. The van der Waals surface area contributed by atoms with Gasteiger partial charge in [-0.25, -0.2) is 0 Å². The van der Waals surface area contributed by atoms with Gasteiger partial charge in [-0.1, -0.05) is 30.3 Å². The molecule has 12 heteroatoms. The maximum atomic E-state index is 13.2. The fourth-order valence-corrected chi connectivity index (χ4v) is 4.33. The lowest BCUT2D eigenvalue weighted by Gasteiger charge is -2.41. The third-order valence-electron chi connectivity index (χ3n) is 5.83. The van der Waals surface area contributed by atoms with E-state index in [-0.39, 0.29) is 17.7 Å². The number of piperidine rings is 1. The molecule has 6 nitrogen and oxygen atoms in total. The molecule has 35 heavy (non-hydrogen) atoms. The minimum atomic E-state index is -4.91. The van der Waals surface area contributed by atoms with Gasteiger partial charge in [0.05, 0.1) is 43.5 Å². The minimum Gasteiger partial charge on any atom is -0.372 e. The molecule has 1 aromatic heterocycles. The van der Waals surface area contributed by atoms with Crippen molar-refractivity contribution in [3.05, 3.63) is 76.6 Å². The molecule has 4 rings (SSSR count). The van der Waals surface area contributed by atoms with E-state index in [0.29, 0.717) is 37.5 Å². The lowest BCUT2D eigenvalue weighted by molar-refractivity contribution is -0.143. The Bertz CT molecular complexity index is 1100. The monoisotopic (exact) mass is 499 g/mol. The van der Waals surface area contributed by atoms with Gasteiger partial charge in [0, 0.05) is 0 Å². The van der Waals surface area contributed by atoms with Gasteiger partial charge in [-0.15, -0.1) is 10.2 Å². The van der Waals surface area contributed by atoms with E-state index in [2.05, 4.69) is 20.3 Å². The molecular weight excluding hydrogens is 476 g/mol. The molecule has 0 aliphatic carbocycles. The normalized spacial score (nSPS) is 19.7. The molecule has 0 spiro atoms. The van der Waals surface area contributed by atoms with Crippen LogP contribution in [0.4, 0.5) is 26.3 Å². The molecule has 3 aromatic rings. The molecule has 0 saturated carbocycles. The smallest absolute Gasteiger partial charge is 0.372 e. The van der Waals surface area contributed by atoms with E-state index < -0.39 is 36.2 Å². The van der Waals surface area contributed by atoms with E-state index in [9.17, 15) is 26.3 Å². The van der Waals surface area contributed by atoms with Crippen LogP contribution in [0, 0.1) is 0 Å². The number of aryl methyl sites for hydroxylation is 1. The second kappa shape index (κ2) is 9.94. The number of hydrogen-bond acceptors (Lipinski definition) is 5. The SMILES string of the molecule is Cn1nnc(CN2CCC[C@@H](OCc3cc(C(F)(F)F)cc(C(F)(F)F)c3)[C@H]2c2ccccc2)n1. The molecule has 1 aliphatic rings. The Hall–Kier alpha value is -2.99. The van der Waals surface area contributed by atoms with Crippen LogP contribution >= 0.6 is 0 Å². The van der Waals surface area contributed by atoms with Crippen LogP contribution in [0.25, 0.3) is 0 Å². The van der Waals surface area contributed by atoms with Crippen LogP contribution in [0.5, 0.6) is 0 Å². The predicted molar refractivity (Wildman–Crippen MR) is 113 cm³/mol. The van der Waals surface area contributed by atoms with Gasteiger partial charge in [0.1, 0.15) is 0 Å². The van der Waals surface area contributed by atoms with E-state index in [0.717, 1.165) is 12.0 Å². The first-order chi connectivity index (χ1) is 16.5. The number of likely N-dealkylation sites (tertiary alicyclic amines) is 1. The Balaban J connectivity index is 1.59. The van der Waals surface area contributed by atoms with Gasteiger partial charge in [0.25, 0.3) is 0 Å². The van der Waals surface area contributed by atoms with E-state index in [1.807, 2.05) is 30.3 Å². The number of aromatic nitrogens is 4. The van der Waals surface area contributed by atoms with Crippen molar-refractivity contribution in [3.8, 4) is 0 Å². The highest BCUT2D eigenvalue weighted by Gasteiger charge is 2.38. The third kappa shape index (κ3) is 6.17. The first kappa shape index (κ1) is 25.1. The first-order valence-electron chi connectivity index (χ1n) is 10.9. The summed E-state index contributed by atoms with van der Waals surface area (Å²) in [5.74, 6) is 0.502. The summed E-state index contributed by atoms with van der Waals surface area (Å²) in [6.07, 6.45) is -8.96. The second-order valence-electron chi connectivity index (χ2n) is 8.43. The molecule has 188 valence electrons. The van der Waals surface area contributed by atoms with Crippen molar-refractivity contribution >= 4 is 0 Å².